The number of para-hydroxylation sites is 1. The van der Waals surface area contributed by atoms with Crippen LogP contribution in [0, 0.1) is 0 Å². The fourth-order valence-electron chi connectivity index (χ4n) is 1.43. The average Bonchev–Trinajstić information content (AvgIpc) is 2.86. The monoisotopic (exact) mass is 313 g/mol. The van der Waals surface area contributed by atoms with Crippen molar-refractivity contribution in [2.45, 2.75) is 0 Å². The highest BCUT2D eigenvalue weighted by Gasteiger charge is 2.23. The van der Waals surface area contributed by atoms with Crippen LogP contribution in [0.4, 0.5) is 10.7 Å². The minimum absolute atomic E-state index is 0.0275. The lowest BCUT2D eigenvalue weighted by atomic mass is 10.3. The predicted octanol–water partition coefficient (Wildman–Crippen LogP) is 1.63. The number of benzene rings is 1. The number of hydrogen-bond donors (Lipinski definition) is 2. The van der Waals surface area contributed by atoms with Gasteiger partial charge < -0.3 is 5.11 Å². The predicted molar refractivity (Wildman–Crippen MR) is 76.5 cm³/mol. The van der Waals surface area contributed by atoms with E-state index in [1.54, 1.807) is 30.3 Å². The highest BCUT2D eigenvalue weighted by Crippen LogP contribution is 2.24. The Morgan fingerprint density at radius 3 is 2.60 bits per heavy atom. The Labute approximate surface area is 119 Å². The van der Waals surface area contributed by atoms with Gasteiger partial charge in [-0.05, 0) is 12.1 Å². The van der Waals surface area contributed by atoms with Crippen molar-refractivity contribution in [3.05, 3.63) is 41.5 Å². The number of nitrogens with zero attached hydrogens (tertiary/aromatic N) is 2. The Kier molecular flexibility index (Phi) is 3.91. The van der Waals surface area contributed by atoms with Gasteiger partial charge in [-0.3, -0.25) is 9.03 Å². The van der Waals surface area contributed by atoms with Crippen LogP contribution >= 0.6 is 11.3 Å². The summed E-state index contributed by atoms with van der Waals surface area (Å²) in [5, 5.41) is 8.88. The van der Waals surface area contributed by atoms with E-state index in [-0.39, 0.29) is 10.7 Å². The summed E-state index contributed by atoms with van der Waals surface area (Å²) >= 11 is 0.908. The van der Waals surface area contributed by atoms with Gasteiger partial charge >= 0.3 is 16.2 Å². The molecule has 0 bridgehead atoms. The maximum atomic E-state index is 12.2. The van der Waals surface area contributed by atoms with Crippen LogP contribution in [-0.4, -0.2) is 31.5 Å². The van der Waals surface area contributed by atoms with Crippen molar-refractivity contribution < 1.29 is 18.3 Å². The van der Waals surface area contributed by atoms with Gasteiger partial charge in [-0.15, -0.1) is 11.3 Å². The Hall–Kier alpha value is -2.13. The van der Waals surface area contributed by atoms with Crippen LogP contribution < -0.4 is 9.03 Å². The van der Waals surface area contributed by atoms with E-state index in [2.05, 4.69) is 9.71 Å². The van der Waals surface area contributed by atoms with Gasteiger partial charge in [0.15, 0.2) is 5.69 Å². The highest BCUT2D eigenvalue weighted by molar-refractivity contribution is 7.94. The van der Waals surface area contributed by atoms with E-state index in [0.29, 0.717) is 5.69 Å². The van der Waals surface area contributed by atoms with Gasteiger partial charge in [-0.25, -0.2) is 9.78 Å². The number of aromatic carboxylic acids is 1. The van der Waals surface area contributed by atoms with Crippen molar-refractivity contribution in [1.82, 2.24) is 4.98 Å². The van der Waals surface area contributed by atoms with E-state index < -0.39 is 16.2 Å². The lowest BCUT2D eigenvalue weighted by Crippen LogP contribution is -2.32. The summed E-state index contributed by atoms with van der Waals surface area (Å²) in [6.07, 6.45) is 0. The molecule has 2 aromatic rings. The summed E-state index contributed by atoms with van der Waals surface area (Å²) in [6, 6.07) is 8.44. The zero-order valence-corrected chi connectivity index (χ0v) is 12.0. The smallest absolute Gasteiger partial charge is 0.357 e. The normalized spacial score (nSPS) is 11.1. The first kappa shape index (κ1) is 14.3. The van der Waals surface area contributed by atoms with Crippen LogP contribution in [0.25, 0.3) is 0 Å². The Morgan fingerprint density at radius 1 is 1.35 bits per heavy atom. The molecule has 1 heterocycles. The molecule has 0 fully saturated rings. The number of rotatable bonds is 5. The summed E-state index contributed by atoms with van der Waals surface area (Å²) in [7, 11) is -2.53. The number of carboxylic acids is 1. The quantitative estimate of drug-likeness (QED) is 0.874. The number of carboxylic acid groups (broad SMARTS) is 1. The first-order valence-electron chi connectivity index (χ1n) is 5.40. The van der Waals surface area contributed by atoms with Gasteiger partial charge in [0.2, 0.25) is 0 Å². The van der Waals surface area contributed by atoms with Crippen molar-refractivity contribution in [1.29, 1.82) is 0 Å². The number of hydrogen-bond acceptors (Lipinski definition) is 5. The first-order chi connectivity index (χ1) is 9.42. The second-order valence-electron chi connectivity index (χ2n) is 3.75. The molecule has 106 valence electrons. The molecule has 9 heteroatoms. The second-order valence-corrected chi connectivity index (χ2v) is 6.30. The average molecular weight is 313 g/mol. The molecule has 0 radical (unpaired) electrons. The molecule has 0 unspecified atom stereocenters. The molecule has 1 aromatic heterocycles. The summed E-state index contributed by atoms with van der Waals surface area (Å²) in [4.78, 5) is 14.5. The van der Waals surface area contributed by atoms with Crippen LogP contribution in [0.3, 0.4) is 0 Å². The Morgan fingerprint density at radius 2 is 2.00 bits per heavy atom. The summed E-state index contributed by atoms with van der Waals surface area (Å²) < 4.78 is 27.6. The molecule has 0 aliphatic carbocycles. The molecule has 0 saturated carbocycles. The molecule has 20 heavy (non-hydrogen) atoms. The fourth-order valence-corrected chi connectivity index (χ4v) is 3.32. The third-order valence-corrected chi connectivity index (χ3v) is 4.74. The van der Waals surface area contributed by atoms with Crippen molar-refractivity contribution in [3.8, 4) is 0 Å². The summed E-state index contributed by atoms with van der Waals surface area (Å²) in [5.41, 5.74) is 1.41. The van der Waals surface area contributed by atoms with E-state index in [1.165, 1.54) is 12.6 Å². The summed E-state index contributed by atoms with van der Waals surface area (Å²) in [6.45, 7) is 0. The zero-order valence-electron chi connectivity index (χ0n) is 10.3. The van der Waals surface area contributed by atoms with Gasteiger partial charge in [-0.2, -0.15) is 8.42 Å². The Bertz CT molecular complexity index is 712. The van der Waals surface area contributed by atoms with Gasteiger partial charge in [-0.1, -0.05) is 18.2 Å². The van der Waals surface area contributed by atoms with E-state index in [1.807, 2.05) is 0 Å². The zero-order chi connectivity index (χ0) is 14.8. The van der Waals surface area contributed by atoms with Crippen LogP contribution in [-0.2, 0) is 10.2 Å². The number of anilines is 2. The molecule has 1 aromatic carbocycles. The van der Waals surface area contributed by atoms with Crippen molar-refractivity contribution in [2.75, 3.05) is 16.1 Å². The lowest BCUT2D eigenvalue weighted by Gasteiger charge is -2.19. The van der Waals surface area contributed by atoms with Crippen LogP contribution in [0.2, 0.25) is 0 Å². The molecular weight excluding hydrogens is 302 g/mol. The maximum absolute atomic E-state index is 12.2. The molecule has 2 N–H and O–H groups in total. The summed E-state index contributed by atoms with van der Waals surface area (Å²) in [5.74, 6) is -1.29. The van der Waals surface area contributed by atoms with E-state index in [9.17, 15) is 13.2 Å². The van der Waals surface area contributed by atoms with Crippen LogP contribution in [0.5, 0.6) is 0 Å². The molecule has 7 nitrogen and oxygen atoms in total. The van der Waals surface area contributed by atoms with Crippen molar-refractivity contribution >= 4 is 38.2 Å². The molecule has 0 amide bonds. The Balaban J connectivity index is 2.28. The number of aromatic nitrogens is 1. The third-order valence-electron chi connectivity index (χ3n) is 2.47. The molecule has 0 saturated heterocycles. The van der Waals surface area contributed by atoms with E-state index in [4.69, 9.17) is 5.11 Å². The van der Waals surface area contributed by atoms with Crippen molar-refractivity contribution in [2.24, 2.45) is 0 Å². The minimum atomic E-state index is -3.90. The molecule has 0 spiro atoms. The van der Waals surface area contributed by atoms with Crippen LogP contribution in [0.15, 0.2) is 35.8 Å². The molecular formula is C11H11N3O4S2. The third kappa shape index (κ3) is 2.89. The highest BCUT2D eigenvalue weighted by atomic mass is 32.2. The number of thiazole rings is 1. The molecule has 0 aliphatic heterocycles. The number of nitrogens with one attached hydrogen (secondary N) is 1. The fraction of sp³-hybridized carbons (Fsp3) is 0.0909. The first-order valence-corrected chi connectivity index (χ1v) is 7.72. The van der Waals surface area contributed by atoms with Gasteiger partial charge in [0.05, 0.1) is 11.2 Å². The topological polar surface area (TPSA) is 99.6 Å². The molecule has 0 aliphatic rings. The van der Waals surface area contributed by atoms with Crippen molar-refractivity contribution in [3.63, 3.8) is 0 Å². The van der Waals surface area contributed by atoms with Gasteiger partial charge in [0, 0.05) is 7.05 Å². The standard InChI is InChI=1S/C11H11N3O4S2/c1-14(8-5-3-2-4-6-8)20(17,18)13-10-9(11(15)16)12-7-19-10/h2-7,13H,1H3,(H,15,16). The minimum Gasteiger partial charge on any atom is -0.476 e. The number of carbonyl (C=O) groups is 1. The largest absolute Gasteiger partial charge is 0.476 e. The van der Waals surface area contributed by atoms with Gasteiger partial charge in [0.1, 0.15) is 5.00 Å². The van der Waals surface area contributed by atoms with Crippen LogP contribution in [0.1, 0.15) is 10.5 Å². The maximum Gasteiger partial charge on any atom is 0.357 e. The lowest BCUT2D eigenvalue weighted by molar-refractivity contribution is 0.0692. The SMILES string of the molecule is CN(c1ccccc1)S(=O)(=O)Nc1scnc1C(=O)O. The van der Waals surface area contributed by atoms with E-state index in [0.717, 1.165) is 15.6 Å². The molecule has 2 rings (SSSR count). The van der Waals surface area contributed by atoms with E-state index >= 15 is 0 Å². The van der Waals surface area contributed by atoms with Gasteiger partial charge in [0.25, 0.3) is 0 Å². The second kappa shape index (κ2) is 5.47. The molecule has 0 atom stereocenters.